The number of carbonyl (C=O) groups excluding carboxylic acids is 1. The van der Waals surface area contributed by atoms with E-state index in [0.717, 1.165) is 18.6 Å². The summed E-state index contributed by atoms with van der Waals surface area (Å²) in [5.41, 5.74) is 0.215. The first kappa shape index (κ1) is 25.4. The maximum Gasteiger partial charge on any atom is 0.410 e. The van der Waals surface area contributed by atoms with Gasteiger partial charge >= 0.3 is 12.1 Å². The topological polar surface area (TPSA) is 88.5 Å². The average Bonchev–Trinajstić information content (AvgIpc) is 3.24. The molecule has 0 saturated carbocycles. The lowest BCUT2D eigenvalue weighted by molar-refractivity contribution is -0.135. The van der Waals surface area contributed by atoms with Crippen LogP contribution in [0.25, 0.3) is 5.76 Å². The third kappa shape index (κ3) is 5.75. The Kier molecular flexibility index (Phi) is 7.43. The third-order valence-electron chi connectivity index (χ3n) is 6.20. The van der Waals surface area contributed by atoms with Gasteiger partial charge in [0.05, 0.1) is 0 Å². The van der Waals surface area contributed by atoms with Crippen LogP contribution in [0, 0.1) is 5.92 Å². The molecule has 2 unspecified atom stereocenters. The normalized spacial score (nSPS) is 20.2. The van der Waals surface area contributed by atoms with Gasteiger partial charge in [-0.15, -0.1) is 0 Å². The van der Waals surface area contributed by atoms with E-state index in [0.29, 0.717) is 36.7 Å². The highest BCUT2D eigenvalue weighted by molar-refractivity contribution is 5.95. The molecule has 2 heterocycles. The zero-order chi connectivity index (χ0) is 25.9. The van der Waals surface area contributed by atoms with Crippen molar-refractivity contribution in [2.75, 3.05) is 19.6 Å². The number of carbonyl (C=O) groups is 2. The molecule has 2 aliphatic rings. The van der Waals surface area contributed by atoms with E-state index in [1.54, 1.807) is 34.1 Å². The number of piperidine rings is 1. The largest absolute Gasteiger partial charge is 0.476 e. The lowest BCUT2D eigenvalue weighted by Crippen LogP contribution is -2.49. The zero-order valence-corrected chi connectivity index (χ0v) is 21.3. The third-order valence-corrected chi connectivity index (χ3v) is 6.20. The minimum atomic E-state index is -1.04. The molecule has 4 rings (SSSR count). The Morgan fingerprint density at radius 2 is 1.72 bits per heavy atom. The van der Waals surface area contributed by atoms with Crippen LogP contribution in [0.2, 0.25) is 0 Å². The standard InChI is InChI=1S/C28H34N2O6/c1-5-30-23(26(31)32)24(19-13-15-22(16-14-19)34-21-11-7-6-8-12-21)35-25(30)20-10-9-17-29(18-20)27(33)36-28(2,3)4/h6-8,11-16,20,25H,5,9-10,17-18H2,1-4H3,(H,31,32). The highest BCUT2D eigenvalue weighted by Crippen LogP contribution is 2.39. The SMILES string of the molecule is CCN1C(C(=O)O)=C(c2ccc(Oc3ccccc3)cc2)OC1C1CCCN(C(=O)OC(C)(C)C)C1. The van der Waals surface area contributed by atoms with E-state index in [1.165, 1.54) is 0 Å². The van der Waals surface area contributed by atoms with Crippen molar-refractivity contribution >= 4 is 17.8 Å². The summed E-state index contributed by atoms with van der Waals surface area (Å²) in [5, 5.41) is 10.1. The molecule has 0 aliphatic carbocycles. The van der Waals surface area contributed by atoms with Crippen molar-refractivity contribution < 1.29 is 28.9 Å². The fourth-order valence-corrected chi connectivity index (χ4v) is 4.65. The second-order valence-electron chi connectivity index (χ2n) is 10.0. The number of amides is 1. The zero-order valence-electron chi connectivity index (χ0n) is 21.3. The van der Waals surface area contributed by atoms with Crippen LogP contribution >= 0.6 is 0 Å². The molecule has 1 amide bonds. The summed E-state index contributed by atoms with van der Waals surface area (Å²) in [6.45, 7) is 8.96. The second kappa shape index (κ2) is 10.5. The number of likely N-dealkylation sites (tertiary alicyclic amines) is 1. The van der Waals surface area contributed by atoms with Gasteiger partial charge in [-0.25, -0.2) is 9.59 Å². The van der Waals surface area contributed by atoms with Gasteiger partial charge < -0.3 is 29.1 Å². The first-order chi connectivity index (χ1) is 17.2. The number of hydrogen-bond acceptors (Lipinski definition) is 6. The van der Waals surface area contributed by atoms with E-state index in [4.69, 9.17) is 14.2 Å². The summed E-state index contributed by atoms with van der Waals surface area (Å²) >= 11 is 0. The number of likely N-dealkylation sites (N-methyl/N-ethyl adjacent to an activating group) is 1. The molecule has 1 N–H and O–H groups in total. The lowest BCUT2D eigenvalue weighted by Gasteiger charge is -2.38. The van der Waals surface area contributed by atoms with Crippen LogP contribution in [0.1, 0.15) is 46.1 Å². The van der Waals surface area contributed by atoms with Crippen LogP contribution in [0.4, 0.5) is 4.79 Å². The van der Waals surface area contributed by atoms with Crippen LogP contribution in [0.3, 0.4) is 0 Å². The monoisotopic (exact) mass is 494 g/mol. The maximum absolute atomic E-state index is 12.7. The van der Waals surface area contributed by atoms with Crippen molar-refractivity contribution in [2.24, 2.45) is 5.92 Å². The number of hydrogen-bond donors (Lipinski definition) is 1. The van der Waals surface area contributed by atoms with Crippen LogP contribution in [-0.4, -0.2) is 58.4 Å². The molecule has 36 heavy (non-hydrogen) atoms. The molecular formula is C28H34N2O6. The predicted octanol–water partition coefficient (Wildman–Crippen LogP) is 5.56. The Bertz CT molecular complexity index is 1110. The Labute approximate surface area is 212 Å². The van der Waals surface area contributed by atoms with Gasteiger partial charge in [-0.3, -0.25) is 0 Å². The Hall–Kier alpha value is -3.68. The Morgan fingerprint density at radius 1 is 1.06 bits per heavy atom. The van der Waals surface area contributed by atoms with Gasteiger partial charge in [-0.1, -0.05) is 18.2 Å². The summed E-state index contributed by atoms with van der Waals surface area (Å²) in [5.74, 6) is 0.592. The number of nitrogens with zero attached hydrogens (tertiary/aromatic N) is 2. The van der Waals surface area contributed by atoms with Gasteiger partial charge in [0.25, 0.3) is 0 Å². The molecule has 2 aromatic rings. The molecule has 0 aromatic heterocycles. The van der Waals surface area contributed by atoms with Gasteiger partial charge in [-0.2, -0.15) is 0 Å². The van der Waals surface area contributed by atoms with E-state index in [9.17, 15) is 14.7 Å². The van der Waals surface area contributed by atoms with Gasteiger partial charge in [0, 0.05) is 31.1 Å². The first-order valence-corrected chi connectivity index (χ1v) is 12.4. The molecule has 0 spiro atoms. The maximum atomic E-state index is 12.7. The van der Waals surface area contributed by atoms with Crippen molar-refractivity contribution in [3.8, 4) is 11.5 Å². The molecule has 0 radical (unpaired) electrons. The highest BCUT2D eigenvalue weighted by atomic mass is 16.6. The summed E-state index contributed by atoms with van der Waals surface area (Å²) in [4.78, 5) is 28.5. The van der Waals surface area contributed by atoms with Crippen LogP contribution < -0.4 is 4.74 Å². The number of ether oxygens (including phenoxy) is 3. The number of aliphatic carboxylic acids is 1. The quantitative estimate of drug-likeness (QED) is 0.563. The number of rotatable bonds is 6. The van der Waals surface area contributed by atoms with Crippen LogP contribution in [-0.2, 0) is 14.3 Å². The van der Waals surface area contributed by atoms with Crippen molar-refractivity contribution in [2.45, 2.75) is 52.4 Å². The summed E-state index contributed by atoms with van der Waals surface area (Å²) < 4.78 is 17.8. The molecule has 0 bridgehead atoms. The van der Waals surface area contributed by atoms with E-state index in [2.05, 4.69) is 0 Å². The molecule has 8 heteroatoms. The fourth-order valence-electron chi connectivity index (χ4n) is 4.65. The Balaban J connectivity index is 1.53. The highest BCUT2D eigenvalue weighted by Gasteiger charge is 2.43. The summed E-state index contributed by atoms with van der Waals surface area (Å²) in [6.07, 6.45) is 0.783. The minimum absolute atomic E-state index is 0.0567. The summed E-state index contributed by atoms with van der Waals surface area (Å²) in [7, 11) is 0. The van der Waals surface area contributed by atoms with Crippen molar-refractivity contribution in [3.05, 3.63) is 65.9 Å². The molecular weight excluding hydrogens is 460 g/mol. The molecule has 2 aromatic carbocycles. The second-order valence-corrected chi connectivity index (χ2v) is 10.0. The van der Waals surface area contributed by atoms with Gasteiger partial charge in [0.2, 0.25) is 0 Å². The molecule has 1 fully saturated rings. The molecule has 8 nitrogen and oxygen atoms in total. The van der Waals surface area contributed by atoms with Crippen molar-refractivity contribution in [1.29, 1.82) is 0 Å². The van der Waals surface area contributed by atoms with Crippen LogP contribution in [0.5, 0.6) is 11.5 Å². The van der Waals surface area contributed by atoms with E-state index < -0.39 is 17.8 Å². The number of carboxylic acids is 1. The minimum Gasteiger partial charge on any atom is -0.476 e. The number of para-hydroxylation sites is 1. The van der Waals surface area contributed by atoms with Gasteiger partial charge in [-0.05, 0) is 76.9 Å². The van der Waals surface area contributed by atoms with E-state index in [-0.39, 0.29) is 17.7 Å². The van der Waals surface area contributed by atoms with Crippen LogP contribution in [0.15, 0.2) is 60.3 Å². The Morgan fingerprint density at radius 3 is 2.33 bits per heavy atom. The number of carboxylic acid groups (broad SMARTS) is 1. The molecule has 2 aliphatic heterocycles. The molecule has 192 valence electrons. The van der Waals surface area contributed by atoms with E-state index >= 15 is 0 Å². The fraction of sp³-hybridized carbons (Fsp3) is 0.429. The number of benzene rings is 2. The lowest BCUT2D eigenvalue weighted by atomic mass is 9.95. The van der Waals surface area contributed by atoms with Gasteiger partial charge in [0.1, 0.15) is 17.1 Å². The van der Waals surface area contributed by atoms with Crippen molar-refractivity contribution in [3.63, 3.8) is 0 Å². The summed E-state index contributed by atoms with van der Waals surface area (Å²) in [6, 6.07) is 16.7. The average molecular weight is 495 g/mol. The van der Waals surface area contributed by atoms with E-state index in [1.807, 2.05) is 58.0 Å². The predicted molar refractivity (Wildman–Crippen MR) is 135 cm³/mol. The smallest absolute Gasteiger partial charge is 0.410 e. The van der Waals surface area contributed by atoms with Gasteiger partial charge in [0.15, 0.2) is 17.7 Å². The molecule has 1 saturated heterocycles. The van der Waals surface area contributed by atoms with Crippen molar-refractivity contribution in [1.82, 2.24) is 9.80 Å². The first-order valence-electron chi connectivity index (χ1n) is 12.4. The molecule has 2 atom stereocenters.